The van der Waals surface area contributed by atoms with E-state index in [9.17, 15) is 13.6 Å². The number of halogens is 2. The van der Waals surface area contributed by atoms with Gasteiger partial charge in [0.1, 0.15) is 19.0 Å². The summed E-state index contributed by atoms with van der Waals surface area (Å²) in [6.07, 6.45) is 2.41. The zero-order valence-corrected chi connectivity index (χ0v) is 16.6. The van der Waals surface area contributed by atoms with Crippen molar-refractivity contribution in [3.8, 4) is 17.2 Å². The highest BCUT2D eigenvalue weighted by molar-refractivity contribution is 5.75. The fraction of sp³-hybridized carbons (Fsp3) is 0.409. The molecule has 1 aliphatic heterocycles. The predicted octanol–water partition coefficient (Wildman–Crippen LogP) is 4.50. The second-order valence-electron chi connectivity index (χ2n) is 7.43. The number of nitrogens with one attached hydrogen (secondary N) is 2. The highest BCUT2D eigenvalue weighted by atomic mass is 19.3. The van der Waals surface area contributed by atoms with Gasteiger partial charge in [-0.2, -0.15) is 8.78 Å². The number of carbonyl (C=O) groups excluding carboxylic acids is 1. The van der Waals surface area contributed by atoms with Crippen LogP contribution in [0.3, 0.4) is 0 Å². The monoisotopic (exact) mass is 418 g/mol. The first-order chi connectivity index (χ1) is 14.5. The number of carbonyl (C=O) groups is 1. The normalized spacial score (nSPS) is 18.3. The first kappa shape index (κ1) is 20.3. The van der Waals surface area contributed by atoms with Crippen molar-refractivity contribution in [1.82, 2.24) is 10.6 Å². The number of ether oxygens (including phenoxy) is 3. The minimum absolute atomic E-state index is 0.140. The van der Waals surface area contributed by atoms with E-state index >= 15 is 0 Å². The van der Waals surface area contributed by atoms with Crippen LogP contribution in [-0.2, 0) is 6.42 Å². The standard InChI is InChI=1S/C22H24F2N2O4/c1-13(14-5-8-19-20(12-14)29-10-9-28-19)25-22(27)26-18-4-2-3-15-11-16(30-21(23)24)6-7-17(15)18/h5-8,11-13,18,21H,2-4,9-10H2,1H3,(H2,25,26,27). The van der Waals surface area contributed by atoms with E-state index in [0.717, 1.165) is 36.0 Å². The Labute approximate surface area is 173 Å². The van der Waals surface area contributed by atoms with E-state index in [1.54, 1.807) is 12.1 Å². The molecular formula is C22H24F2N2O4. The summed E-state index contributed by atoms with van der Waals surface area (Å²) in [4.78, 5) is 12.6. The van der Waals surface area contributed by atoms with E-state index < -0.39 is 6.61 Å². The third-order valence-electron chi connectivity index (χ3n) is 5.37. The number of rotatable bonds is 5. The number of alkyl halides is 2. The van der Waals surface area contributed by atoms with Crippen LogP contribution in [0.1, 0.15) is 48.5 Å². The molecular weight excluding hydrogens is 394 g/mol. The molecule has 0 saturated carbocycles. The lowest BCUT2D eigenvalue weighted by molar-refractivity contribution is -0.0499. The molecule has 0 fully saturated rings. The maximum atomic E-state index is 12.6. The Balaban J connectivity index is 1.40. The summed E-state index contributed by atoms with van der Waals surface area (Å²) in [6, 6.07) is 9.82. The van der Waals surface area contributed by atoms with Gasteiger partial charge in [-0.3, -0.25) is 0 Å². The van der Waals surface area contributed by atoms with Crippen molar-refractivity contribution < 1.29 is 27.8 Å². The van der Waals surface area contributed by atoms with E-state index in [4.69, 9.17) is 9.47 Å². The maximum Gasteiger partial charge on any atom is 0.387 e. The predicted molar refractivity (Wildman–Crippen MR) is 106 cm³/mol. The molecule has 6 nitrogen and oxygen atoms in total. The van der Waals surface area contributed by atoms with Crippen LogP contribution in [0.15, 0.2) is 36.4 Å². The Morgan fingerprint density at radius 1 is 1.13 bits per heavy atom. The van der Waals surface area contributed by atoms with Crippen molar-refractivity contribution >= 4 is 6.03 Å². The molecule has 0 aromatic heterocycles. The van der Waals surface area contributed by atoms with Gasteiger partial charge < -0.3 is 24.8 Å². The van der Waals surface area contributed by atoms with Crippen molar-refractivity contribution in [2.45, 2.75) is 44.9 Å². The Hall–Kier alpha value is -3.03. The molecule has 30 heavy (non-hydrogen) atoms. The molecule has 160 valence electrons. The summed E-state index contributed by atoms with van der Waals surface area (Å²) in [5.74, 6) is 1.52. The van der Waals surface area contributed by atoms with Crippen molar-refractivity contribution in [2.24, 2.45) is 0 Å². The first-order valence-electron chi connectivity index (χ1n) is 10.0. The van der Waals surface area contributed by atoms with E-state index in [2.05, 4.69) is 15.4 Å². The second kappa shape index (κ2) is 8.77. The zero-order chi connectivity index (χ0) is 21.1. The third-order valence-corrected chi connectivity index (χ3v) is 5.37. The van der Waals surface area contributed by atoms with Crippen LogP contribution >= 0.6 is 0 Å². The quantitative estimate of drug-likeness (QED) is 0.750. The second-order valence-corrected chi connectivity index (χ2v) is 7.43. The molecule has 1 aliphatic carbocycles. The van der Waals surface area contributed by atoms with Gasteiger partial charge in [0, 0.05) is 0 Å². The topological polar surface area (TPSA) is 68.8 Å². The van der Waals surface area contributed by atoms with Gasteiger partial charge in [-0.15, -0.1) is 0 Å². The highest BCUT2D eigenvalue weighted by Gasteiger charge is 2.24. The Morgan fingerprint density at radius 2 is 1.93 bits per heavy atom. The van der Waals surface area contributed by atoms with Crippen LogP contribution in [0.4, 0.5) is 13.6 Å². The van der Waals surface area contributed by atoms with Crippen molar-refractivity contribution in [2.75, 3.05) is 13.2 Å². The Kier molecular flexibility index (Phi) is 5.92. The number of aryl methyl sites for hydroxylation is 1. The average molecular weight is 418 g/mol. The van der Waals surface area contributed by atoms with Gasteiger partial charge in [-0.05, 0) is 67.1 Å². The van der Waals surface area contributed by atoms with Crippen LogP contribution < -0.4 is 24.8 Å². The van der Waals surface area contributed by atoms with Crippen molar-refractivity contribution in [3.05, 3.63) is 53.1 Å². The molecule has 2 amide bonds. The fourth-order valence-electron chi connectivity index (χ4n) is 3.93. The summed E-state index contributed by atoms with van der Waals surface area (Å²) >= 11 is 0. The summed E-state index contributed by atoms with van der Waals surface area (Å²) in [7, 11) is 0. The minimum Gasteiger partial charge on any atom is -0.486 e. The smallest absolute Gasteiger partial charge is 0.387 e. The SMILES string of the molecule is CC(NC(=O)NC1CCCc2cc(OC(F)F)ccc21)c1ccc2c(c1)OCCO2. The maximum absolute atomic E-state index is 12.6. The van der Waals surface area contributed by atoms with Crippen LogP contribution in [0.25, 0.3) is 0 Å². The van der Waals surface area contributed by atoms with Gasteiger partial charge in [0.05, 0.1) is 12.1 Å². The van der Waals surface area contributed by atoms with E-state index in [1.807, 2.05) is 25.1 Å². The Bertz CT molecular complexity index is 922. The molecule has 2 aromatic rings. The molecule has 0 bridgehead atoms. The van der Waals surface area contributed by atoms with Gasteiger partial charge in [-0.25, -0.2) is 4.79 Å². The molecule has 2 unspecified atom stereocenters. The molecule has 2 aliphatic rings. The third kappa shape index (κ3) is 4.58. The molecule has 1 heterocycles. The number of fused-ring (bicyclic) bond motifs is 2. The number of hydrogen-bond donors (Lipinski definition) is 2. The molecule has 0 radical (unpaired) electrons. The molecule has 0 saturated heterocycles. The first-order valence-corrected chi connectivity index (χ1v) is 10.0. The molecule has 2 N–H and O–H groups in total. The summed E-state index contributed by atoms with van der Waals surface area (Å²) < 4.78 is 40.5. The lowest BCUT2D eigenvalue weighted by atomic mass is 9.87. The number of benzene rings is 2. The highest BCUT2D eigenvalue weighted by Crippen LogP contribution is 2.34. The Morgan fingerprint density at radius 3 is 2.73 bits per heavy atom. The minimum atomic E-state index is -2.85. The molecule has 2 aromatic carbocycles. The van der Waals surface area contributed by atoms with Crippen LogP contribution in [0.2, 0.25) is 0 Å². The van der Waals surface area contributed by atoms with Crippen molar-refractivity contribution in [1.29, 1.82) is 0 Å². The van der Waals surface area contributed by atoms with Gasteiger partial charge in [-0.1, -0.05) is 12.1 Å². The number of urea groups is 1. The summed E-state index contributed by atoms with van der Waals surface area (Å²) in [5, 5.41) is 5.95. The number of amides is 2. The fourth-order valence-corrected chi connectivity index (χ4v) is 3.93. The molecule has 8 heteroatoms. The summed E-state index contributed by atoms with van der Waals surface area (Å²) in [6.45, 7) is 0.0761. The van der Waals surface area contributed by atoms with Gasteiger partial charge >= 0.3 is 12.6 Å². The van der Waals surface area contributed by atoms with Gasteiger partial charge in [0.15, 0.2) is 11.5 Å². The molecule has 4 rings (SSSR count). The van der Waals surface area contributed by atoms with Crippen LogP contribution in [0.5, 0.6) is 17.2 Å². The van der Waals surface area contributed by atoms with E-state index in [1.165, 1.54) is 6.07 Å². The van der Waals surface area contributed by atoms with Crippen LogP contribution in [0, 0.1) is 0 Å². The lowest BCUT2D eigenvalue weighted by Crippen LogP contribution is -2.40. The number of hydrogen-bond acceptors (Lipinski definition) is 4. The molecule has 2 atom stereocenters. The van der Waals surface area contributed by atoms with Gasteiger partial charge in [0.2, 0.25) is 0 Å². The van der Waals surface area contributed by atoms with Crippen molar-refractivity contribution in [3.63, 3.8) is 0 Å². The zero-order valence-electron chi connectivity index (χ0n) is 16.6. The van der Waals surface area contributed by atoms with E-state index in [-0.39, 0.29) is 23.9 Å². The largest absolute Gasteiger partial charge is 0.486 e. The lowest BCUT2D eigenvalue weighted by Gasteiger charge is -2.28. The van der Waals surface area contributed by atoms with E-state index in [0.29, 0.717) is 24.7 Å². The van der Waals surface area contributed by atoms with Crippen LogP contribution in [-0.4, -0.2) is 25.9 Å². The molecule has 0 spiro atoms. The average Bonchev–Trinajstić information content (AvgIpc) is 2.73. The summed E-state index contributed by atoms with van der Waals surface area (Å²) in [5.41, 5.74) is 2.77. The van der Waals surface area contributed by atoms with Gasteiger partial charge in [0.25, 0.3) is 0 Å².